The minimum absolute atomic E-state index is 0.344. The van der Waals surface area contributed by atoms with Crippen LogP contribution in [-0.2, 0) is 35.1 Å². The number of hydrogen-bond acceptors (Lipinski definition) is 6. The summed E-state index contributed by atoms with van der Waals surface area (Å²) in [5, 5.41) is 0. The van der Waals surface area contributed by atoms with Gasteiger partial charge in [0.2, 0.25) is 0 Å². The normalized spacial score (nSPS) is 31.8. The number of benzene rings is 1. The lowest BCUT2D eigenvalue weighted by Crippen LogP contribution is -2.47. The Balaban J connectivity index is 1.78. The SMILES string of the molecule is CC1(C)OC[C@@H]([C@H](OCc2ccccc2)[C@H]2OC(C)(C)O[C@@H]2C=O)O1. The lowest BCUT2D eigenvalue weighted by atomic mass is 10.0. The van der Waals surface area contributed by atoms with Gasteiger partial charge in [-0.2, -0.15) is 0 Å². The van der Waals surface area contributed by atoms with Gasteiger partial charge in [0.1, 0.15) is 24.4 Å². The molecule has 0 spiro atoms. The Labute approximate surface area is 148 Å². The summed E-state index contributed by atoms with van der Waals surface area (Å²) in [6.07, 6.45) is -1.33. The summed E-state index contributed by atoms with van der Waals surface area (Å²) >= 11 is 0. The lowest BCUT2D eigenvalue weighted by molar-refractivity contribution is -0.190. The van der Waals surface area contributed by atoms with Crippen molar-refractivity contribution in [3.05, 3.63) is 35.9 Å². The maximum Gasteiger partial charge on any atom is 0.164 e. The van der Waals surface area contributed by atoms with Crippen LogP contribution in [0.1, 0.15) is 33.3 Å². The van der Waals surface area contributed by atoms with E-state index in [4.69, 9.17) is 23.7 Å². The van der Waals surface area contributed by atoms with E-state index in [0.29, 0.717) is 13.2 Å². The molecule has 1 aromatic rings. The van der Waals surface area contributed by atoms with Gasteiger partial charge in [-0.15, -0.1) is 0 Å². The molecule has 0 bridgehead atoms. The maximum absolute atomic E-state index is 11.5. The van der Waals surface area contributed by atoms with E-state index in [0.717, 1.165) is 11.8 Å². The molecule has 0 aromatic heterocycles. The van der Waals surface area contributed by atoms with Crippen LogP contribution in [0.2, 0.25) is 0 Å². The van der Waals surface area contributed by atoms with Crippen LogP contribution >= 0.6 is 0 Å². The quantitative estimate of drug-likeness (QED) is 0.735. The van der Waals surface area contributed by atoms with Crippen molar-refractivity contribution < 1.29 is 28.5 Å². The third-order valence-corrected chi connectivity index (χ3v) is 4.30. The third-order valence-electron chi connectivity index (χ3n) is 4.30. The van der Waals surface area contributed by atoms with Crippen LogP contribution in [0, 0.1) is 0 Å². The van der Waals surface area contributed by atoms with Gasteiger partial charge in [0.15, 0.2) is 17.9 Å². The van der Waals surface area contributed by atoms with Gasteiger partial charge in [0, 0.05) is 0 Å². The summed E-state index contributed by atoms with van der Waals surface area (Å²) in [5.41, 5.74) is 1.03. The van der Waals surface area contributed by atoms with Crippen LogP contribution in [0.4, 0.5) is 0 Å². The fourth-order valence-electron chi connectivity index (χ4n) is 3.23. The summed E-state index contributed by atoms with van der Waals surface area (Å²) in [4.78, 5) is 11.5. The second-order valence-corrected chi connectivity index (χ2v) is 7.33. The van der Waals surface area contributed by atoms with Crippen LogP contribution in [0.15, 0.2) is 30.3 Å². The zero-order valence-corrected chi connectivity index (χ0v) is 15.1. The van der Waals surface area contributed by atoms with Gasteiger partial charge >= 0.3 is 0 Å². The first-order chi connectivity index (χ1) is 11.8. The first kappa shape index (κ1) is 18.5. The molecule has 0 saturated carbocycles. The van der Waals surface area contributed by atoms with E-state index in [-0.39, 0.29) is 6.10 Å². The molecule has 25 heavy (non-hydrogen) atoms. The Morgan fingerprint density at radius 1 is 1.12 bits per heavy atom. The molecule has 4 atom stereocenters. The van der Waals surface area contributed by atoms with Crippen molar-refractivity contribution in [2.24, 2.45) is 0 Å². The summed E-state index contributed by atoms with van der Waals surface area (Å²) in [6, 6.07) is 9.84. The first-order valence-electron chi connectivity index (χ1n) is 8.58. The predicted molar refractivity (Wildman–Crippen MR) is 89.8 cm³/mol. The largest absolute Gasteiger partial charge is 0.368 e. The highest BCUT2D eigenvalue weighted by Gasteiger charge is 2.51. The van der Waals surface area contributed by atoms with Crippen LogP contribution < -0.4 is 0 Å². The summed E-state index contributed by atoms with van der Waals surface area (Å²) in [5.74, 6) is -1.54. The molecule has 2 aliphatic heterocycles. The molecule has 0 radical (unpaired) electrons. The topological polar surface area (TPSA) is 63.2 Å². The maximum atomic E-state index is 11.5. The zero-order chi connectivity index (χ0) is 18.1. The Morgan fingerprint density at radius 2 is 1.84 bits per heavy atom. The molecule has 0 N–H and O–H groups in total. The van der Waals surface area contributed by atoms with Gasteiger partial charge < -0.3 is 28.5 Å². The van der Waals surface area contributed by atoms with E-state index < -0.39 is 29.9 Å². The Bertz CT molecular complexity index is 585. The molecule has 1 aromatic carbocycles. The minimum Gasteiger partial charge on any atom is -0.368 e. The molecule has 2 aliphatic rings. The highest BCUT2D eigenvalue weighted by atomic mass is 16.8. The number of aldehydes is 1. The molecular weight excluding hydrogens is 324 g/mol. The molecule has 0 amide bonds. The van der Waals surface area contributed by atoms with Crippen molar-refractivity contribution in [1.82, 2.24) is 0 Å². The predicted octanol–water partition coefficient (Wildman–Crippen LogP) is 2.44. The molecule has 2 fully saturated rings. The van der Waals surface area contributed by atoms with E-state index in [1.54, 1.807) is 13.8 Å². The highest BCUT2D eigenvalue weighted by molar-refractivity contribution is 5.58. The average Bonchev–Trinajstić information content (AvgIpc) is 3.07. The van der Waals surface area contributed by atoms with E-state index in [1.807, 2.05) is 44.2 Å². The van der Waals surface area contributed by atoms with Gasteiger partial charge in [0.25, 0.3) is 0 Å². The van der Waals surface area contributed by atoms with E-state index >= 15 is 0 Å². The highest BCUT2D eigenvalue weighted by Crippen LogP contribution is 2.35. The van der Waals surface area contributed by atoms with Crippen LogP contribution in [0.25, 0.3) is 0 Å². The van der Waals surface area contributed by atoms with Gasteiger partial charge in [-0.1, -0.05) is 30.3 Å². The standard InChI is InChI=1S/C19H26O6/c1-18(2)22-12-15(24-18)16(21-11-13-8-6-5-7-9-13)17-14(10-20)23-19(3,4)25-17/h5-10,14-17H,11-12H2,1-4H3/t14-,15+,16+,17+/m1/s1. The Hall–Kier alpha value is -1.31. The molecule has 2 saturated heterocycles. The van der Waals surface area contributed by atoms with Crippen LogP contribution in [-0.4, -0.2) is 48.9 Å². The Morgan fingerprint density at radius 3 is 2.44 bits per heavy atom. The van der Waals surface area contributed by atoms with E-state index in [9.17, 15) is 4.79 Å². The smallest absolute Gasteiger partial charge is 0.164 e. The number of hydrogen-bond donors (Lipinski definition) is 0. The van der Waals surface area contributed by atoms with Gasteiger partial charge in [-0.25, -0.2) is 0 Å². The summed E-state index contributed by atoms with van der Waals surface area (Å²) in [7, 11) is 0. The second-order valence-electron chi connectivity index (χ2n) is 7.33. The molecule has 2 heterocycles. The Kier molecular flexibility index (Phi) is 5.27. The van der Waals surface area contributed by atoms with Crippen molar-refractivity contribution >= 4 is 6.29 Å². The lowest BCUT2D eigenvalue weighted by Gasteiger charge is -2.30. The van der Waals surface area contributed by atoms with E-state index in [2.05, 4.69) is 0 Å². The average molecular weight is 350 g/mol. The fraction of sp³-hybridized carbons (Fsp3) is 0.632. The molecule has 138 valence electrons. The number of ether oxygens (including phenoxy) is 5. The number of carbonyl (C=O) groups excluding carboxylic acids is 1. The molecule has 0 unspecified atom stereocenters. The van der Waals surface area contributed by atoms with Crippen molar-refractivity contribution in [2.75, 3.05) is 6.61 Å². The van der Waals surface area contributed by atoms with Gasteiger partial charge in [-0.3, -0.25) is 0 Å². The van der Waals surface area contributed by atoms with E-state index in [1.165, 1.54) is 0 Å². The van der Waals surface area contributed by atoms with Gasteiger partial charge in [-0.05, 0) is 33.3 Å². The summed E-state index contributed by atoms with van der Waals surface area (Å²) in [6.45, 7) is 8.04. The monoisotopic (exact) mass is 350 g/mol. The minimum atomic E-state index is -0.848. The van der Waals surface area contributed by atoms with Crippen LogP contribution in [0.3, 0.4) is 0 Å². The molecular formula is C19H26O6. The van der Waals surface area contributed by atoms with Crippen molar-refractivity contribution in [3.8, 4) is 0 Å². The molecule has 3 rings (SSSR count). The third kappa shape index (κ3) is 4.46. The van der Waals surface area contributed by atoms with Crippen molar-refractivity contribution in [2.45, 2.75) is 70.3 Å². The molecule has 6 nitrogen and oxygen atoms in total. The first-order valence-corrected chi connectivity index (χ1v) is 8.58. The van der Waals surface area contributed by atoms with Crippen molar-refractivity contribution in [1.29, 1.82) is 0 Å². The molecule has 0 aliphatic carbocycles. The van der Waals surface area contributed by atoms with Crippen molar-refractivity contribution in [3.63, 3.8) is 0 Å². The number of carbonyl (C=O) groups is 1. The van der Waals surface area contributed by atoms with Crippen LogP contribution in [0.5, 0.6) is 0 Å². The second kappa shape index (κ2) is 7.13. The molecule has 6 heteroatoms. The zero-order valence-electron chi connectivity index (χ0n) is 15.1. The van der Waals surface area contributed by atoms with Gasteiger partial charge in [0.05, 0.1) is 13.2 Å². The number of rotatable bonds is 6. The summed E-state index contributed by atoms with van der Waals surface area (Å²) < 4.78 is 29.5. The fourth-order valence-corrected chi connectivity index (χ4v) is 3.23.